The third-order valence-electron chi connectivity index (χ3n) is 3.05. The SMILES string of the molecule is COC(=O)C(CC/C(=N\NC(N)=O)c1ccccc1)C(=O)OC. The number of hydrogen-bond donors (Lipinski definition) is 2. The number of hydrogen-bond acceptors (Lipinski definition) is 6. The summed E-state index contributed by atoms with van der Waals surface area (Å²) in [5, 5.41) is 3.92. The van der Waals surface area contributed by atoms with Gasteiger partial charge in [-0.1, -0.05) is 30.3 Å². The molecule has 3 N–H and O–H groups in total. The number of primary amides is 1. The van der Waals surface area contributed by atoms with Crippen LogP contribution < -0.4 is 11.2 Å². The number of benzene rings is 1. The van der Waals surface area contributed by atoms with Crippen molar-refractivity contribution in [3.05, 3.63) is 35.9 Å². The lowest BCUT2D eigenvalue weighted by atomic mass is 9.98. The van der Waals surface area contributed by atoms with E-state index in [0.717, 1.165) is 5.56 Å². The Morgan fingerprint density at radius 2 is 1.70 bits per heavy atom. The molecule has 0 aliphatic carbocycles. The highest BCUT2D eigenvalue weighted by atomic mass is 16.5. The lowest BCUT2D eigenvalue weighted by molar-refractivity contribution is -0.158. The van der Waals surface area contributed by atoms with Crippen LogP contribution in [-0.4, -0.2) is 37.9 Å². The molecule has 1 aromatic rings. The summed E-state index contributed by atoms with van der Waals surface area (Å²) in [4.78, 5) is 34.2. The first-order chi connectivity index (χ1) is 11.0. The van der Waals surface area contributed by atoms with Crippen LogP contribution in [0, 0.1) is 5.92 Å². The lowest BCUT2D eigenvalue weighted by Gasteiger charge is -2.13. The fourth-order valence-corrected chi connectivity index (χ4v) is 1.92. The topological polar surface area (TPSA) is 120 Å². The smallest absolute Gasteiger partial charge is 0.332 e. The van der Waals surface area contributed by atoms with E-state index in [1.165, 1.54) is 14.2 Å². The molecule has 1 rings (SSSR count). The second kappa shape index (κ2) is 9.19. The summed E-state index contributed by atoms with van der Waals surface area (Å²) in [5.41, 5.74) is 8.36. The standard InChI is InChI=1S/C15H19N3O5/c1-22-13(19)11(14(20)23-2)8-9-12(17-18-15(16)21)10-6-4-3-5-7-10/h3-7,11H,8-9H2,1-2H3,(H3,16,18,21)/b17-12+. The Morgan fingerprint density at radius 1 is 1.13 bits per heavy atom. The van der Waals surface area contributed by atoms with Gasteiger partial charge in [0.05, 0.1) is 19.9 Å². The summed E-state index contributed by atoms with van der Waals surface area (Å²) in [6.07, 6.45) is 0.354. The zero-order chi connectivity index (χ0) is 17.2. The van der Waals surface area contributed by atoms with Crippen molar-refractivity contribution in [3.63, 3.8) is 0 Å². The average molecular weight is 321 g/mol. The van der Waals surface area contributed by atoms with Crippen LogP contribution in [0.5, 0.6) is 0 Å². The van der Waals surface area contributed by atoms with Crippen molar-refractivity contribution in [2.75, 3.05) is 14.2 Å². The second-order valence-corrected chi connectivity index (χ2v) is 4.54. The van der Waals surface area contributed by atoms with E-state index in [2.05, 4.69) is 20.0 Å². The van der Waals surface area contributed by atoms with Crippen LogP contribution in [0.15, 0.2) is 35.4 Å². The van der Waals surface area contributed by atoms with E-state index in [-0.39, 0.29) is 12.8 Å². The Balaban J connectivity index is 2.92. The number of nitrogens with zero attached hydrogens (tertiary/aromatic N) is 1. The predicted molar refractivity (Wildman–Crippen MR) is 82.5 cm³/mol. The van der Waals surface area contributed by atoms with Gasteiger partial charge in [-0.25, -0.2) is 10.2 Å². The Labute approximate surface area is 133 Å². The molecule has 0 spiro atoms. The molecule has 0 aliphatic heterocycles. The molecule has 1 aromatic carbocycles. The molecule has 0 saturated carbocycles. The number of rotatable bonds is 7. The monoisotopic (exact) mass is 321 g/mol. The molecule has 0 fully saturated rings. The highest BCUT2D eigenvalue weighted by Gasteiger charge is 2.28. The summed E-state index contributed by atoms with van der Waals surface area (Å²) in [5.74, 6) is -2.44. The highest BCUT2D eigenvalue weighted by Crippen LogP contribution is 2.15. The van der Waals surface area contributed by atoms with Crippen LogP contribution in [0.4, 0.5) is 4.79 Å². The number of methoxy groups -OCH3 is 2. The minimum absolute atomic E-state index is 0.119. The Morgan fingerprint density at radius 3 is 2.17 bits per heavy atom. The first kappa shape index (κ1) is 18.1. The number of esters is 2. The maximum atomic E-state index is 11.7. The van der Waals surface area contributed by atoms with Crippen LogP contribution in [0.3, 0.4) is 0 Å². The number of ether oxygens (including phenoxy) is 2. The molecule has 0 aromatic heterocycles. The zero-order valence-corrected chi connectivity index (χ0v) is 12.9. The largest absolute Gasteiger partial charge is 0.468 e. The minimum Gasteiger partial charge on any atom is -0.468 e. The fraction of sp³-hybridized carbons (Fsp3) is 0.333. The quantitative estimate of drug-likeness (QED) is 0.333. The second-order valence-electron chi connectivity index (χ2n) is 4.54. The molecular formula is C15H19N3O5. The molecule has 124 valence electrons. The van der Waals surface area contributed by atoms with Crippen molar-refractivity contribution in [3.8, 4) is 0 Å². The van der Waals surface area contributed by atoms with Gasteiger partial charge in [0.1, 0.15) is 0 Å². The average Bonchev–Trinajstić information content (AvgIpc) is 2.57. The zero-order valence-electron chi connectivity index (χ0n) is 12.9. The molecule has 0 unspecified atom stereocenters. The molecule has 2 amide bonds. The van der Waals surface area contributed by atoms with Gasteiger partial charge in [0, 0.05) is 0 Å². The third kappa shape index (κ3) is 5.77. The van der Waals surface area contributed by atoms with Gasteiger partial charge in [-0.3, -0.25) is 9.59 Å². The summed E-state index contributed by atoms with van der Waals surface area (Å²) in [7, 11) is 2.39. The number of nitrogens with one attached hydrogen (secondary N) is 1. The predicted octanol–water partition coefficient (Wildman–Crippen LogP) is 0.801. The van der Waals surface area contributed by atoms with Crippen LogP contribution in [-0.2, 0) is 19.1 Å². The van der Waals surface area contributed by atoms with E-state index in [0.29, 0.717) is 5.71 Å². The number of hydrazone groups is 1. The first-order valence-corrected chi connectivity index (χ1v) is 6.82. The van der Waals surface area contributed by atoms with E-state index >= 15 is 0 Å². The highest BCUT2D eigenvalue weighted by molar-refractivity contribution is 6.02. The molecule has 0 saturated heterocycles. The Kier molecular flexibility index (Phi) is 7.25. The van der Waals surface area contributed by atoms with Crippen LogP contribution in [0.25, 0.3) is 0 Å². The van der Waals surface area contributed by atoms with Crippen molar-refractivity contribution >= 4 is 23.7 Å². The van der Waals surface area contributed by atoms with Crippen LogP contribution >= 0.6 is 0 Å². The van der Waals surface area contributed by atoms with Crippen molar-refractivity contribution in [1.29, 1.82) is 0 Å². The third-order valence-corrected chi connectivity index (χ3v) is 3.05. The summed E-state index contributed by atoms with van der Waals surface area (Å²) < 4.78 is 9.20. The van der Waals surface area contributed by atoms with E-state index < -0.39 is 23.9 Å². The van der Waals surface area contributed by atoms with E-state index in [1.807, 2.05) is 6.07 Å². The van der Waals surface area contributed by atoms with Gasteiger partial charge in [0.15, 0.2) is 5.92 Å². The van der Waals surface area contributed by atoms with Gasteiger partial charge in [-0.05, 0) is 18.4 Å². The van der Waals surface area contributed by atoms with Gasteiger partial charge in [-0.15, -0.1) is 0 Å². The molecule has 8 nitrogen and oxygen atoms in total. The molecule has 8 heteroatoms. The maximum Gasteiger partial charge on any atom is 0.332 e. The minimum atomic E-state index is -1.06. The molecular weight excluding hydrogens is 302 g/mol. The van der Waals surface area contributed by atoms with Gasteiger partial charge < -0.3 is 15.2 Å². The van der Waals surface area contributed by atoms with Crippen LogP contribution in [0.1, 0.15) is 18.4 Å². The van der Waals surface area contributed by atoms with Crippen molar-refractivity contribution in [2.45, 2.75) is 12.8 Å². The number of urea groups is 1. The molecule has 0 radical (unpaired) electrons. The van der Waals surface area contributed by atoms with Gasteiger partial charge in [0.2, 0.25) is 0 Å². The maximum absolute atomic E-state index is 11.7. The van der Waals surface area contributed by atoms with Crippen LogP contribution in [0.2, 0.25) is 0 Å². The fourth-order valence-electron chi connectivity index (χ4n) is 1.92. The lowest BCUT2D eigenvalue weighted by Crippen LogP contribution is -2.28. The molecule has 0 heterocycles. The van der Waals surface area contributed by atoms with Crippen molar-refractivity contribution in [1.82, 2.24) is 5.43 Å². The number of amides is 2. The van der Waals surface area contributed by atoms with Gasteiger partial charge in [-0.2, -0.15) is 5.10 Å². The molecule has 0 atom stereocenters. The van der Waals surface area contributed by atoms with Gasteiger partial charge in [0.25, 0.3) is 0 Å². The normalized spacial score (nSPS) is 11.0. The van der Waals surface area contributed by atoms with E-state index in [1.54, 1.807) is 24.3 Å². The number of carbonyl (C=O) groups excluding carboxylic acids is 3. The summed E-state index contributed by atoms with van der Waals surface area (Å²) in [6, 6.07) is 8.19. The summed E-state index contributed by atoms with van der Waals surface area (Å²) in [6.45, 7) is 0. The van der Waals surface area contributed by atoms with Gasteiger partial charge >= 0.3 is 18.0 Å². The summed E-state index contributed by atoms with van der Waals surface area (Å²) >= 11 is 0. The van der Waals surface area contributed by atoms with Crippen molar-refractivity contribution < 1.29 is 23.9 Å². The van der Waals surface area contributed by atoms with E-state index in [9.17, 15) is 14.4 Å². The molecule has 23 heavy (non-hydrogen) atoms. The molecule has 0 aliphatic rings. The number of carbonyl (C=O) groups is 3. The molecule has 0 bridgehead atoms. The first-order valence-electron chi connectivity index (χ1n) is 6.82. The Bertz CT molecular complexity index is 570. The Hall–Kier alpha value is -2.90. The van der Waals surface area contributed by atoms with Crippen molar-refractivity contribution in [2.24, 2.45) is 16.8 Å². The number of nitrogens with two attached hydrogens (primary N) is 1. The van der Waals surface area contributed by atoms with E-state index in [4.69, 9.17) is 5.73 Å².